The molecule has 1 aliphatic rings. The average molecular weight is 372 g/mol. The molecule has 0 aromatic heterocycles. The van der Waals surface area contributed by atoms with Crippen molar-refractivity contribution in [1.29, 1.82) is 0 Å². The fourth-order valence-corrected chi connectivity index (χ4v) is 3.10. The molecule has 6 heteroatoms. The number of hydrogen-bond donors (Lipinski definition) is 2. The highest BCUT2D eigenvalue weighted by molar-refractivity contribution is 5.75. The highest BCUT2D eigenvalue weighted by Gasteiger charge is 2.20. The molecular formula is C21H25FN2O3. The number of rotatable bonds is 5. The predicted molar refractivity (Wildman–Crippen MR) is 101 cm³/mol. The van der Waals surface area contributed by atoms with Gasteiger partial charge in [-0.1, -0.05) is 32.0 Å². The molecule has 2 N–H and O–H groups in total. The zero-order chi connectivity index (χ0) is 19.4. The number of ether oxygens (including phenoxy) is 2. The van der Waals surface area contributed by atoms with Crippen LogP contribution in [-0.2, 0) is 0 Å². The zero-order valence-electron chi connectivity index (χ0n) is 15.8. The van der Waals surface area contributed by atoms with Crippen LogP contribution in [0, 0.1) is 11.7 Å². The van der Waals surface area contributed by atoms with Gasteiger partial charge in [-0.05, 0) is 48.2 Å². The van der Waals surface area contributed by atoms with Gasteiger partial charge in [-0.2, -0.15) is 0 Å². The van der Waals surface area contributed by atoms with Gasteiger partial charge in [-0.15, -0.1) is 0 Å². The van der Waals surface area contributed by atoms with Gasteiger partial charge in [-0.25, -0.2) is 9.18 Å². The Morgan fingerprint density at radius 2 is 1.56 bits per heavy atom. The lowest BCUT2D eigenvalue weighted by Gasteiger charge is -2.25. The number of urea groups is 1. The lowest BCUT2D eigenvalue weighted by molar-refractivity contribution is 0.171. The van der Waals surface area contributed by atoms with E-state index in [9.17, 15) is 9.18 Å². The minimum atomic E-state index is -0.294. The maximum Gasteiger partial charge on any atom is 0.315 e. The maximum absolute atomic E-state index is 13.2. The predicted octanol–water partition coefficient (Wildman–Crippen LogP) is 4.35. The molecule has 1 heterocycles. The van der Waals surface area contributed by atoms with Crippen molar-refractivity contribution in [2.45, 2.75) is 32.9 Å². The van der Waals surface area contributed by atoms with Crippen LogP contribution in [0.2, 0.25) is 0 Å². The van der Waals surface area contributed by atoms with E-state index in [2.05, 4.69) is 10.6 Å². The molecule has 0 bridgehead atoms. The summed E-state index contributed by atoms with van der Waals surface area (Å²) in [7, 11) is 0. The van der Waals surface area contributed by atoms with Crippen LogP contribution in [0.3, 0.4) is 0 Å². The molecule has 0 saturated carbocycles. The highest BCUT2D eigenvalue weighted by Crippen LogP contribution is 2.32. The summed E-state index contributed by atoms with van der Waals surface area (Å²) in [4.78, 5) is 12.5. The van der Waals surface area contributed by atoms with Gasteiger partial charge >= 0.3 is 6.03 Å². The number of carbonyl (C=O) groups is 1. The summed E-state index contributed by atoms with van der Waals surface area (Å²) in [6, 6.07) is 11.2. The van der Waals surface area contributed by atoms with E-state index in [0.717, 1.165) is 16.9 Å². The van der Waals surface area contributed by atoms with Crippen LogP contribution >= 0.6 is 0 Å². The molecule has 0 spiro atoms. The number of nitrogens with one attached hydrogen (secondary N) is 2. The largest absolute Gasteiger partial charge is 0.486 e. The number of amides is 2. The van der Waals surface area contributed by atoms with Crippen molar-refractivity contribution in [1.82, 2.24) is 10.6 Å². The topological polar surface area (TPSA) is 59.6 Å². The smallest absolute Gasteiger partial charge is 0.315 e. The average Bonchev–Trinajstić information content (AvgIpc) is 2.66. The molecule has 0 fully saturated rings. The number of hydrogen-bond acceptors (Lipinski definition) is 3. The van der Waals surface area contributed by atoms with Gasteiger partial charge in [0.15, 0.2) is 11.5 Å². The van der Waals surface area contributed by atoms with E-state index in [1.54, 1.807) is 12.1 Å². The summed E-state index contributed by atoms with van der Waals surface area (Å²) in [5.41, 5.74) is 1.80. The third-order valence-corrected chi connectivity index (χ3v) is 4.60. The van der Waals surface area contributed by atoms with Crippen LogP contribution in [0.25, 0.3) is 0 Å². The van der Waals surface area contributed by atoms with Crippen LogP contribution in [-0.4, -0.2) is 19.2 Å². The van der Waals surface area contributed by atoms with Crippen LogP contribution in [0.4, 0.5) is 9.18 Å². The molecule has 2 aromatic rings. The van der Waals surface area contributed by atoms with Crippen molar-refractivity contribution in [3.8, 4) is 11.5 Å². The first-order valence-corrected chi connectivity index (χ1v) is 9.16. The van der Waals surface area contributed by atoms with E-state index in [1.807, 2.05) is 39.0 Å². The van der Waals surface area contributed by atoms with E-state index >= 15 is 0 Å². The number of carbonyl (C=O) groups excluding carboxylic acids is 1. The molecule has 0 aliphatic carbocycles. The molecule has 3 rings (SSSR count). The van der Waals surface area contributed by atoms with Gasteiger partial charge in [0.2, 0.25) is 0 Å². The number of benzene rings is 2. The Balaban J connectivity index is 1.65. The van der Waals surface area contributed by atoms with Gasteiger partial charge in [0, 0.05) is 0 Å². The van der Waals surface area contributed by atoms with E-state index in [0.29, 0.717) is 19.0 Å². The van der Waals surface area contributed by atoms with E-state index in [-0.39, 0.29) is 29.8 Å². The van der Waals surface area contributed by atoms with E-state index < -0.39 is 0 Å². The van der Waals surface area contributed by atoms with Crippen molar-refractivity contribution in [2.75, 3.05) is 13.2 Å². The lowest BCUT2D eigenvalue weighted by atomic mass is 9.96. The van der Waals surface area contributed by atoms with Gasteiger partial charge in [0.05, 0.1) is 12.1 Å². The Morgan fingerprint density at radius 1 is 0.926 bits per heavy atom. The lowest BCUT2D eigenvalue weighted by Crippen LogP contribution is -2.40. The first-order chi connectivity index (χ1) is 12.9. The molecule has 0 radical (unpaired) electrons. The fraction of sp³-hybridized carbons (Fsp3) is 0.381. The molecule has 0 unspecified atom stereocenters. The van der Waals surface area contributed by atoms with Crippen molar-refractivity contribution in [3.63, 3.8) is 0 Å². The summed E-state index contributed by atoms with van der Waals surface area (Å²) in [6.45, 7) is 7.00. The monoisotopic (exact) mass is 372 g/mol. The van der Waals surface area contributed by atoms with Gasteiger partial charge < -0.3 is 20.1 Å². The third kappa shape index (κ3) is 4.70. The van der Waals surface area contributed by atoms with E-state index in [4.69, 9.17) is 9.47 Å². The third-order valence-electron chi connectivity index (χ3n) is 4.60. The SMILES string of the molecule is CC(C)[C@@H](NC(=O)N[C@@H](C)c1ccc2c(c1)OCCO2)c1ccc(F)cc1. The Bertz CT molecular complexity index is 793. The highest BCUT2D eigenvalue weighted by atomic mass is 19.1. The summed E-state index contributed by atoms with van der Waals surface area (Å²) in [6.07, 6.45) is 0. The van der Waals surface area contributed by atoms with Crippen molar-refractivity contribution in [2.24, 2.45) is 5.92 Å². The second-order valence-corrected chi connectivity index (χ2v) is 7.02. The van der Waals surface area contributed by atoms with Crippen LogP contribution in [0.15, 0.2) is 42.5 Å². The minimum Gasteiger partial charge on any atom is -0.486 e. The number of fused-ring (bicyclic) bond motifs is 1. The Kier molecular flexibility index (Phi) is 5.84. The molecule has 0 saturated heterocycles. The van der Waals surface area contributed by atoms with Crippen LogP contribution in [0.5, 0.6) is 11.5 Å². The molecule has 2 aromatic carbocycles. The standard InChI is InChI=1S/C21H25FN2O3/c1-13(2)20(15-4-7-17(22)8-5-15)24-21(25)23-14(3)16-6-9-18-19(12-16)27-11-10-26-18/h4-9,12-14,20H,10-11H2,1-3H3,(H2,23,24,25)/t14-,20+/m0/s1. The van der Waals surface area contributed by atoms with Gasteiger partial charge in [-0.3, -0.25) is 0 Å². The summed E-state index contributed by atoms with van der Waals surface area (Å²) < 4.78 is 24.3. The van der Waals surface area contributed by atoms with Gasteiger partial charge in [0.1, 0.15) is 19.0 Å². The summed E-state index contributed by atoms with van der Waals surface area (Å²) in [5, 5.41) is 5.94. The molecule has 2 amide bonds. The maximum atomic E-state index is 13.2. The number of halogens is 1. The molecular weight excluding hydrogens is 347 g/mol. The molecule has 27 heavy (non-hydrogen) atoms. The summed E-state index contributed by atoms with van der Waals surface area (Å²) >= 11 is 0. The van der Waals surface area contributed by atoms with E-state index in [1.165, 1.54) is 12.1 Å². The second-order valence-electron chi connectivity index (χ2n) is 7.02. The first kappa shape index (κ1) is 19.0. The summed E-state index contributed by atoms with van der Waals surface area (Å²) in [5.74, 6) is 1.28. The van der Waals surface area contributed by atoms with Gasteiger partial charge in [0.25, 0.3) is 0 Å². The second kappa shape index (κ2) is 8.29. The Labute approximate surface area is 158 Å². The molecule has 5 nitrogen and oxygen atoms in total. The fourth-order valence-electron chi connectivity index (χ4n) is 3.10. The normalized spacial score (nSPS) is 15.1. The molecule has 2 atom stereocenters. The Hall–Kier alpha value is -2.76. The zero-order valence-corrected chi connectivity index (χ0v) is 15.8. The van der Waals surface area contributed by atoms with Crippen LogP contribution in [0.1, 0.15) is 44.0 Å². The molecule has 1 aliphatic heterocycles. The quantitative estimate of drug-likeness (QED) is 0.820. The van der Waals surface area contributed by atoms with Crippen molar-refractivity contribution < 1.29 is 18.7 Å². The van der Waals surface area contributed by atoms with Crippen LogP contribution < -0.4 is 20.1 Å². The van der Waals surface area contributed by atoms with Crippen molar-refractivity contribution >= 4 is 6.03 Å². The molecule has 144 valence electrons. The Morgan fingerprint density at radius 3 is 2.22 bits per heavy atom. The van der Waals surface area contributed by atoms with Crippen molar-refractivity contribution in [3.05, 3.63) is 59.4 Å². The first-order valence-electron chi connectivity index (χ1n) is 9.16. The minimum absolute atomic E-state index is 0.158.